The predicted octanol–water partition coefficient (Wildman–Crippen LogP) is 1.29. The van der Waals surface area contributed by atoms with Crippen LogP contribution in [0, 0.1) is 16.0 Å². The van der Waals surface area contributed by atoms with Crippen LogP contribution < -0.4 is 15.5 Å². The minimum absolute atomic E-state index is 0.0215. The highest BCUT2D eigenvalue weighted by molar-refractivity contribution is 6.03. The molecule has 1 fully saturated rings. The number of carbonyl (C=O) groups is 2. The molecule has 150 valence electrons. The van der Waals surface area contributed by atoms with Crippen molar-refractivity contribution in [2.75, 3.05) is 13.7 Å². The number of benzene rings is 2. The molecule has 3 rings (SSSR count). The maximum atomic E-state index is 12.5. The van der Waals surface area contributed by atoms with Crippen LogP contribution in [0.15, 0.2) is 47.6 Å². The molecule has 1 aliphatic heterocycles. The lowest BCUT2D eigenvalue weighted by atomic mass is 9.88. The Bertz CT molecular complexity index is 976. The fraction of sp³-hybridized carbons (Fsp3) is 0.211. The van der Waals surface area contributed by atoms with Crippen LogP contribution in [0.3, 0.4) is 0 Å². The minimum Gasteiger partial charge on any atom is -0.504 e. The number of hydrazone groups is 1. The van der Waals surface area contributed by atoms with E-state index in [-0.39, 0.29) is 28.7 Å². The number of nitro benzene ring substituents is 1. The molecule has 29 heavy (non-hydrogen) atoms. The summed E-state index contributed by atoms with van der Waals surface area (Å²) in [5, 5.41) is 27.5. The van der Waals surface area contributed by atoms with Crippen LogP contribution in [0.2, 0.25) is 0 Å². The van der Waals surface area contributed by atoms with Crippen LogP contribution in [0.25, 0.3) is 0 Å². The van der Waals surface area contributed by atoms with Gasteiger partial charge in [-0.05, 0) is 5.56 Å². The summed E-state index contributed by atoms with van der Waals surface area (Å²) in [6.07, 6.45) is 1.05. The zero-order chi connectivity index (χ0) is 21.0. The number of nitrogens with one attached hydrogen (secondary N) is 2. The van der Waals surface area contributed by atoms with Crippen LogP contribution in [-0.2, 0) is 9.59 Å². The second-order valence-electron chi connectivity index (χ2n) is 6.32. The monoisotopic (exact) mass is 398 g/mol. The van der Waals surface area contributed by atoms with Gasteiger partial charge in [-0.2, -0.15) is 5.10 Å². The summed E-state index contributed by atoms with van der Waals surface area (Å²) >= 11 is 0. The summed E-state index contributed by atoms with van der Waals surface area (Å²) in [7, 11) is 1.25. The molecule has 1 aliphatic rings. The molecule has 2 aromatic carbocycles. The van der Waals surface area contributed by atoms with Gasteiger partial charge in [-0.1, -0.05) is 30.3 Å². The van der Waals surface area contributed by atoms with E-state index in [1.165, 1.54) is 7.11 Å². The average molecular weight is 398 g/mol. The minimum atomic E-state index is -0.970. The highest BCUT2D eigenvalue weighted by Gasteiger charge is 2.40. The Kier molecular flexibility index (Phi) is 5.72. The molecule has 2 atom stereocenters. The third-order valence-corrected chi connectivity index (χ3v) is 4.59. The number of nitrogens with zero attached hydrogens (tertiary/aromatic N) is 2. The second kappa shape index (κ2) is 8.38. The van der Waals surface area contributed by atoms with Crippen molar-refractivity contribution in [2.24, 2.45) is 11.0 Å². The quantitative estimate of drug-likeness (QED) is 0.290. The first-order chi connectivity index (χ1) is 13.9. The van der Waals surface area contributed by atoms with E-state index < -0.39 is 22.7 Å². The molecule has 0 aliphatic carbocycles. The summed E-state index contributed by atoms with van der Waals surface area (Å²) in [6.45, 7) is 0.327. The third kappa shape index (κ3) is 4.15. The molecule has 0 bridgehead atoms. The van der Waals surface area contributed by atoms with Gasteiger partial charge in [0.25, 0.3) is 11.6 Å². The number of phenolic OH excluding ortho intramolecular Hbond substituents is 1. The molecule has 2 amide bonds. The molecule has 0 aromatic heterocycles. The zero-order valence-corrected chi connectivity index (χ0v) is 15.4. The van der Waals surface area contributed by atoms with E-state index in [0.29, 0.717) is 6.54 Å². The Hall–Kier alpha value is -3.95. The highest BCUT2D eigenvalue weighted by Crippen LogP contribution is 2.33. The van der Waals surface area contributed by atoms with Crippen molar-refractivity contribution in [2.45, 2.75) is 5.92 Å². The van der Waals surface area contributed by atoms with E-state index in [9.17, 15) is 24.8 Å². The summed E-state index contributed by atoms with van der Waals surface area (Å²) in [4.78, 5) is 35.0. The Balaban J connectivity index is 1.78. The number of non-ortho nitro benzene ring substituents is 1. The maximum Gasteiger partial charge on any atom is 0.274 e. The molecule has 0 radical (unpaired) electrons. The number of methoxy groups -OCH3 is 1. The first-order valence-corrected chi connectivity index (χ1v) is 8.63. The Morgan fingerprint density at radius 1 is 1.38 bits per heavy atom. The molecule has 0 saturated carbocycles. The number of nitro groups is 1. The first-order valence-electron chi connectivity index (χ1n) is 8.63. The van der Waals surface area contributed by atoms with E-state index in [0.717, 1.165) is 23.9 Å². The van der Waals surface area contributed by atoms with Gasteiger partial charge in [0, 0.05) is 24.1 Å². The summed E-state index contributed by atoms with van der Waals surface area (Å²) < 4.78 is 4.91. The van der Waals surface area contributed by atoms with Gasteiger partial charge in [0.15, 0.2) is 11.5 Å². The van der Waals surface area contributed by atoms with Crippen molar-refractivity contribution in [3.05, 3.63) is 63.7 Å². The van der Waals surface area contributed by atoms with Gasteiger partial charge in [0.05, 0.1) is 24.3 Å². The first kappa shape index (κ1) is 19.8. The van der Waals surface area contributed by atoms with Gasteiger partial charge < -0.3 is 15.2 Å². The molecule has 3 N–H and O–H groups in total. The molecule has 0 spiro atoms. The Morgan fingerprint density at radius 3 is 2.76 bits per heavy atom. The SMILES string of the molecule is COc1cc([N+](=O)[O-])cc(/C=N/NC(=O)[C@@H]2C(=O)NC[C@@H]2c2ccccc2)c1O. The smallest absolute Gasteiger partial charge is 0.274 e. The van der Waals surface area contributed by atoms with Crippen molar-refractivity contribution in [1.82, 2.24) is 10.7 Å². The number of ether oxygens (including phenoxy) is 1. The Labute approximate surface area is 165 Å². The van der Waals surface area contributed by atoms with Crippen molar-refractivity contribution >= 4 is 23.7 Å². The van der Waals surface area contributed by atoms with Crippen LogP contribution >= 0.6 is 0 Å². The maximum absolute atomic E-state index is 12.5. The van der Waals surface area contributed by atoms with E-state index in [2.05, 4.69) is 15.8 Å². The van der Waals surface area contributed by atoms with E-state index >= 15 is 0 Å². The molecule has 2 aromatic rings. The predicted molar refractivity (Wildman–Crippen MR) is 103 cm³/mol. The largest absolute Gasteiger partial charge is 0.504 e. The molecule has 1 heterocycles. The van der Waals surface area contributed by atoms with Crippen LogP contribution in [-0.4, -0.2) is 41.7 Å². The topological polar surface area (TPSA) is 143 Å². The number of hydrogen-bond donors (Lipinski definition) is 3. The second-order valence-corrected chi connectivity index (χ2v) is 6.32. The van der Waals surface area contributed by atoms with E-state index in [1.807, 2.05) is 30.3 Å². The van der Waals surface area contributed by atoms with Gasteiger partial charge in [-0.3, -0.25) is 19.7 Å². The van der Waals surface area contributed by atoms with Crippen molar-refractivity contribution in [1.29, 1.82) is 0 Å². The lowest BCUT2D eigenvalue weighted by Gasteiger charge is -2.15. The summed E-state index contributed by atoms with van der Waals surface area (Å²) in [5.41, 5.74) is 2.77. The van der Waals surface area contributed by atoms with Crippen molar-refractivity contribution in [3.8, 4) is 11.5 Å². The van der Waals surface area contributed by atoms with Gasteiger partial charge in [0.2, 0.25) is 5.91 Å². The lowest BCUT2D eigenvalue weighted by molar-refractivity contribution is -0.385. The summed E-state index contributed by atoms with van der Waals surface area (Å²) in [6, 6.07) is 11.3. The van der Waals surface area contributed by atoms with Gasteiger partial charge in [-0.25, -0.2) is 5.43 Å². The number of phenols is 1. The molecular formula is C19H18N4O6. The molecule has 10 heteroatoms. The normalized spacial score (nSPS) is 18.4. The fourth-order valence-electron chi connectivity index (χ4n) is 3.14. The van der Waals surface area contributed by atoms with Crippen molar-refractivity contribution in [3.63, 3.8) is 0 Å². The number of rotatable bonds is 6. The van der Waals surface area contributed by atoms with Gasteiger partial charge in [0.1, 0.15) is 5.92 Å². The van der Waals surface area contributed by atoms with E-state index in [1.54, 1.807) is 0 Å². The van der Waals surface area contributed by atoms with Crippen LogP contribution in [0.5, 0.6) is 11.5 Å². The molecule has 10 nitrogen and oxygen atoms in total. The number of aromatic hydroxyl groups is 1. The zero-order valence-electron chi connectivity index (χ0n) is 15.4. The lowest BCUT2D eigenvalue weighted by Crippen LogP contribution is -2.34. The molecule has 0 unspecified atom stereocenters. The number of amides is 2. The highest BCUT2D eigenvalue weighted by atomic mass is 16.6. The molecular weight excluding hydrogens is 380 g/mol. The fourth-order valence-corrected chi connectivity index (χ4v) is 3.14. The number of carbonyl (C=O) groups excluding carboxylic acids is 2. The summed E-state index contributed by atoms with van der Waals surface area (Å²) in [5.74, 6) is -2.82. The van der Waals surface area contributed by atoms with Gasteiger partial charge >= 0.3 is 0 Å². The molecule has 1 saturated heterocycles. The van der Waals surface area contributed by atoms with Crippen LogP contribution in [0.4, 0.5) is 5.69 Å². The van der Waals surface area contributed by atoms with Crippen molar-refractivity contribution < 1.29 is 24.4 Å². The average Bonchev–Trinajstić information content (AvgIpc) is 3.11. The van der Waals surface area contributed by atoms with Crippen LogP contribution in [0.1, 0.15) is 17.0 Å². The Morgan fingerprint density at radius 2 is 2.10 bits per heavy atom. The third-order valence-electron chi connectivity index (χ3n) is 4.59. The number of hydrogen-bond acceptors (Lipinski definition) is 7. The van der Waals surface area contributed by atoms with E-state index in [4.69, 9.17) is 4.74 Å². The van der Waals surface area contributed by atoms with Gasteiger partial charge in [-0.15, -0.1) is 0 Å². The standard InChI is InChI=1S/C19H18N4O6/c1-29-15-8-13(23(27)28)7-12(17(15)24)9-21-22-19(26)16-14(10-20-18(16)25)11-5-3-2-4-6-11/h2-9,14,16,24H,10H2,1H3,(H,20,25)(H,22,26)/b21-9+/t14-,16+/m1/s1.